The fraction of sp³-hybridized carbons (Fsp3) is 0.231. The number of carbonyl (C=O) groups is 5. The minimum Gasteiger partial charge on any atom is -0.460 e. The van der Waals surface area contributed by atoms with Gasteiger partial charge in [-0.1, -0.05) is 89.9 Å². The number of nitrogens with one attached hydrogen (secondary N) is 3. The summed E-state index contributed by atoms with van der Waals surface area (Å²) in [4.78, 5) is 70.4. The number of nitrogens with two attached hydrogens (primary N) is 1. The maximum absolute atomic E-state index is 13.6. The average Bonchev–Trinajstić information content (AvgIpc) is 3.11. The summed E-state index contributed by atoms with van der Waals surface area (Å²) in [5.41, 5.74) is 7.84. The number of anilines is 1. The summed E-state index contributed by atoms with van der Waals surface area (Å²) in [5.74, 6) is -4.72. The van der Waals surface area contributed by atoms with Gasteiger partial charge in [-0.25, -0.2) is 9.79 Å². The third kappa shape index (κ3) is 12.3. The second-order valence-electron chi connectivity index (χ2n) is 13.0. The van der Waals surface area contributed by atoms with Crippen LogP contribution in [-0.2, 0) is 30.5 Å². The number of rotatable bonds is 12. The molecule has 54 heavy (non-hydrogen) atoms. The SMILES string of the molecule is CN(CC(=O)NC[C@@H](C(=O)Nc1c(Cl)cc(-c2ccccc2)cc1Cl)C(=O)OCc1ccccc1)C(=O)c1cccc(N=C(N)NC(=O)OC(C)(C)C)c1. The third-order valence-corrected chi connectivity index (χ3v) is 8.02. The maximum atomic E-state index is 13.6. The monoisotopic (exact) mass is 774 g/mol. The first kappa shape index (κ1) is 40.8. The molecule has 0 unspecified atom stereocenters. The van der Waals surface area contributed by atoms with Gasteiger partial charge in [-0.05, 0) is 67.8 Å². The predicted molar refractivity (Wildman–Crippen MR) is 207 cm³/mol. The van der Waals surface area contributed by atoms with E-state index in [1.54, 1.807) is 69.3 Å². The van der Waals surface area contributed by atoms with Gasteiger partial charge in [-0.15, -0.1) is 0 Å². The number of benzene rings is 4. The van der Waals surface area contributed by atoms with Crippen LogP contribution in [0.4, 0.5) is 16.2 Å². The molecule has 0 heterocycles. The molecule has 5 N–H and O–H groups in total. The van der Waals surface area contributed by atoms with Crippen molar-refractivity contribution >= 4 is 70.3 Å². The molecule has 0 spiro atoms. The molecular formula is C39H40Cl2N6O7. The Labute approximate surface area is 322 Å². The molecule has 0 saturated heterocycles. The molecule has 282 valence electrons. The van der Waals surface area contributed by atoms with E-state index in [2.05, 4.69) is 20.9 Å². The van der Waals surface area contributed by atoms with E-state index < -0.39 is 54.4 Å². The molecule has 0 saturated carbocycles. The molecule has 4 aromatic rings. The van der Waals surface area contributed by atoms with Crippen LogP contribution in [0.1, 0.15) is 36.7 Å². The Balaban J connectivity index is 1.42. The van der Waals surface area contributed by atoms with E-state index in [-0.39, 0.29) is 39.5 Å². The lowest BCUT2D eigenvalue weighted by molar-refractivity contribution is -0.152. The topological polar surface area (TPSA) is 182 Å². The second kappa shape index (κ2) is 18.7. The van der Waals surface area contributed by atoms with Crippen LogP contribution >= 0.6 is 23.2 Å². The number of ether oxygens (including phenoxy) is 2. The van der Waals surface area contributed by atoms with Crippen LogP contribution in [0.3, 0.4) is 0 Å². The van der Waals surface area contributed by atoms with E-state index in [1.807, 2.05) is 36.4 Å². The first-order valence-corrected chi connectivity index (χ1v) is 17.4. The number of aliphatic imine (C=N–C) groups is 1. The molecule has 4 amide bonds. The fourth-order valence-electron chi connectivity index (χ4n) is 4.88. The van der Waals surface area contributed by atoms with Crippen molar-refractivity contribution in [1.29, 1.82) is 0 Å². The van der Waals surface area contributed by atoms with E-state index in [1.165, 1.54) is 19.2 Å². The van der Waals surface area contributed by atoms with Gasteiger partial charge in [-0.3, -0.25) is 24.5 Å². The molecule has 4 aromatic carbocycles. The highest BCUT2D eigenvalue weighted by Crippen LogP contribution is 2.36. The fourth-order valence-corrected chi connectivity index (χ4v) is 5.46. The van der Waals surface area contributed by atoms with Crippen LogP contribution in [0.15, 0.2) is 102 Å². The second-order valence-corrected chi connectivity index (χ2v) is 13.8. The third-order valence-electron chi connectivity index (χ3n) is 7.42. The Morgan fingerprint density at radius 3 is 2.11 bits per heavy atom. The number of amides is 4. The van der Waals surface area contributed by atoms with Crippen molar-refractivity contribution in [2.45, 2.75) is 33.0 Å². The number of nitrogens with zero attached hydrogens (tertiary/aromatic N) is 2. The van der Waals surface area contributed by atoms with E-state index in [4.69, 9.17) is 38.4 Å². The summed E-state index contributed by atoms with van der Waals surface area (Å²) < 4.78 is 10.6. The highest BCUT2D eigenvalue weighted by Gasteiger charge is 2.30. The van der Waals surface area contributed by atoms with Crippen molar-refractivity contribution in [3.05, 3.63) is 118 Å². The van der Waals surface area contributed by atoms with Gasteiger partial charge in [0.05, 0.1) is 28.0 Å². The molecule has 0 aliphatic carbocycles. The number of alkyl carbamates (subject to hydrolysis) is 1. The summed E-state index contributed by atoms with van der Waals surface area (Å²) in [5, 5.41) is 7.73. The molecule has 13 nitrogen and oxygen atoms in total. The Kier molecular flexibility index (Phi) is 14.2. The van der Waals surface area contributed by atoms with Crippen molar-refractivity contribution in [3.8, 4) is 11.1 Å². The number of likely N-dealkylation sites (N-methyl/N-ethyl adjacent to an activating group) is 1. The Hall–Kier alpha value is -5.92. The van der Waals surface area contributed by atoms with Gasteiger partial charge in [-0.2, -0.15) is 0 Å². The quantitative estimate of drug-likeness (QED) is 0.0559. The van der Waals surface area contributed by atoms with Crippen LogP contribution in [0.2, 0.25) is 10.0 Å². The summed E-state index contributed by atoms with van der Waals surface area (Å²) in [6, 6.07) is 27.5. The van der Waals surface area contributed by atoms with Gasteiger partial charge in [0.2, 0.25) is 17.8 Å². The number of halogens is 2. The first-order valence-electron chi connectivity index (χ1n) is 16.6. The molecule has 0 fully saturated rings. The van der Waals surface area contributed by atoms with Gasteiger partial charge >= 0.3 is 12.1 Å². The molecule has 0 aliphatic rings. The number of carbonyl (C=O) groups excluding carboxylic acids is 5. The average molecular weight is 776 g/mol. The van der Waals surface area contributed by atoms with Crippen LogP contribution in [0.5, 0.6) is 0 Å². The van der Waals surface area contributed by atoms with Gasteiger partial charge < -0.3 is 30.7 Å². The van der Waals surface area contributed by atoms with Crippen molar-refractivity contribution < 1.29 is 33.4 Å². The number of hydrogen-bond acceptors (Lipinski definition) is 8. The highest BCUT2D eigenvalue weighted by atomic mass is 35.5. The van der Waals surface area contributed by atoms with Crippen LogP contribution in [0.25, 0.3) is 11.1 Å². The minimum atomic E-state index is -1.52. The molecular weight excluding hydrogens is 735 g/mol. The lowest BCUT2D eigenvalue weighted by Crippen LogP contribution is -2.44. The van der Waals surface area contributed by atoms with Crippen LogP contribution in [-0.4, -0.2) is 66.4 Å². The molecule has 0 aliphatic heterocycles. The normalized spacial score (nSPS) is 11.9. The smallest absolute Gasteiger partial charge is 0.414 e. The van der Waals surface area contributed by atoms with E-state index in [0.717, 1.165) is 10.5 Å². The molecule has 1 atom stereocenters. The molecule has 15 heteroatoms. The minimum absolute atomic E-state index is 0.0782. The number of hydrogen-bond donors (Lipinski definition) is 4. The summed E-state index contributed by atoms with van der Waals surface area (Å²) in [7, 11) is 1.40. The van der Waals surface area contributed by atoms with Crippen molar-refractivity contribution in [2.75, 3.05) is 25.5 Å². The zero-order valence-electron chi connectivity index (χ0n) is 30.0. The maximum Gasteiger partial charge on any atom is 0.414 e. The van der Waals surface area contributed by atoms with Crippen LogP contribution < -0.4 is 21.7 Å². The lowest BCUT2D eigenvalue weighted by atomic mass is 10.0. The Bertz CT molecular complexity index is 2000. The summed E-state index contributed by atoms with van der Waals surface area (Å²) >= 11 is 13.1. The Morgan fingerprint density at radius 1 is 0.852 bits per heavy atom. The zero-order chi connectivity index (χ0) is 39.4. The highest BCUT2D eigenvalue weighted by molar-refractivity contribution is 6.40. The summed E-state index contributed by atoms with van der Waals surface area (Å²) in [6.45, 7) is 4.08. The molecule has 0 radical (unpaired) electrons. The van der Waals surface area contributed by atoms with E-state index in [9.17, 15) is 24.0 Å². The van der Waals surface area contributed by atoms with E-state index in [0.29, 0.717) is 11.1 Å². The van der Waals surface area contributed by atoms with Crippen molar-refractivity contribution in [2.24, 2.45) is 16.6 Å². The van der Waals surface area contributed by atoms with Gasteiger partial charge in [0.1, 0.15) is 12.2 Å². The van der Waals surface area contributed by atoms with Gasteiger partial charge in [0, 0.05) is 19.2 Å². The standard InChI is InChI=1S/C39H40Cl2N6O7/c1-39(2,3)54-38(52)46-37(42)44-28-17-11-16-26(18-28)35(50)47(4)22-32(48)43-21-29(36(51)53-23-24-12-7-5-8-13-24)34(49)45-33-30(40)19-27(20-31(33)41)25-14-9-6-10-15-25/h5-20,29H,21-23H2,1-4H3,(H,43,48)(H,45,49)(H3,42,44,46,52)/t29-/m0/s1. The Morgan fingerprint density at radius 2 is 1.48 bits per heavy atom. The molecule has 0 bridgehead atoms. The molecule has 4 rings (SSSR count). The first-order chi connectivity index (χ1) is 25.6. The largest absolute Gasteiger partial charge is 0.460 e. The number of esters is 1. The van der Waals surface area contributed by atoms with Crippen molar-refractivity contribution in [1.82, 2.24) is 15.5 Å². The van der Waals surface area contributed by atoms with Crippen LogP contribution in [0, 0.1) is 5.92 Å². The van der Waals surface area contributed by atoms with Gasteiger partial charge in [0.15, 0.2) is 5.92 Å². The lowest BCUT2D eigenvalue weighted by Gasteiger charge is -2.20. The van der Waals surface area contributed by atoms with Crippen molar-refractivity contribution in [3.63, 3.8) is 0 Å². The van der Waals surface area contributed by atoms with E-state index >= 15 is 0 Å². The summed E-state index contributed by atoms with van der Waals surface area (Å²) in [6.07, 6.45) is -0.795. The number of guanidine groups is 1. The zero-order valence-corrected chi connectivity index (χ0v) is 31.5. The molecule has 0 aromatic heterocycles. The van der Waals surface area contributed by atoms with Gasteiger partial charge in [0.25, 0.3) is 5.91 Å². The predicted octanol–water partition coefficient (Wildman–Crippen LogP) is 6.32.